The van der Waals surface area contributed by atoms with Gasteiger partial charge in [0.15, 0.2) is 0 Å². The molecule has 2 heteroatoms. The Morgan fingerprint density at radius 3 is 2.15 bits per heavy atom. The van der Waals surface area contributed by atoms with Gasteiger partial charge in [-0.15, -0.1) is 0 Å². The molecule has 27 heavy (non-hydrogen) atoms. The molecule has 1 heterocycles. The van der Waals surface area contributed by atoms with E-state index in [2.05, 4.69) is 89.8 Å². The molecule has 0 saturated carbocycles. The number of benzene rings is 4. The molecule has 2 nitrogen and oxygen atoms in total. The van der Waals surface area contributed by atoms with Crippen LogP contribution in [0.4, 0.5) is 5.69 Å². The zero-order valence-electron chi connectivity index (χ0n) is 15.3. The fourth-order valence-corrected chi connectivity index (χ4v) is 4.83. The third-order valence-electron chi connectivity index (χ3n) is 6.10. The van der Waals surface area contributed by atoms with Gasteiger partial charge in [-0.3, -0.25) is 0 Å². The van der Waals surface area contributed by atoms with E-state index in [0.717, 1.165) is 19.4 Å². The fraction of sp³-hybridized carbons (Fsp3) is 0.200. The lowest BCUT2D eigenvalue weighted by molar-refractivity contribution is 0.199. The highest BCUT2D eigenvalue weighted by atomic mass is 16.3. The second-order valence-corrected chi connectivity index (χ2v) is 7.47. The molecule has 134 valence electrons. The number of aliphatic hydroxyl groups excluding tert-OH is 1. The number of hydrogen-bond donors (Lipinski definition) is 1. The molecule has 4 aromatic carbocycles. The molecule has 0 spiro atoms. The van der Waals surface area contributed by atoms with Crippen LogP contribution in [0.15, 0.2) is 84.9 Å². The summed E-state index contributed by atoms with van der Waals surface area (Å²) in [7, 11) is 0. The van der Waals surface area contributed by atoms with Crippen molar-refractivity contribution in [2.75, 3.05) is 18.1 Å². The van der Waals surface area contributed by atoms with Crippen molar-refractivity contribution in [3.8, 4) is 0 Å². The predicted molar refractivity (Wildman–Crippen MR) is 113 cm³/mol. The van der Waals surface area contributed by atoms with E-state index in [0.29, 0.717) is 0 Å². The highest BCUT2D eigenvalue weighted by Gasteiger charge is 2.43. The smallest absolute Gasteiger partial charge is 0.0890 e. The van der Waals surface area contributed by atoms with Crippen LogP contribution in [-0.4, -0.2) is 18.3 Å². The van der Waals surface area contributed by atoms with Crippen LogP contribution in [0, 0.1) is 0 Å². The second-order valence-electron chi connectivity index (χ2n) is 7.47. The summed E-state index contributed by atoms with van der Waals surface area (Å²) in [5.74, 6) is 0. The Morgan fingerprint density at radius 1 is 0.741 bits per heavy atom. The minimum atomic E-state index is -0.384. The van der Waals surface area contributed by atoms with Crippen molar-refractivity contribution < 1.29 is 5.11 Å². The SMILES string of the molecule is OCC1(c2cccc3ccccc23)CCCN1c1cccc2ccccc12. The van der Waals surface area contributed by atoms with Gasteiger partial charge in [-0.25, -0.2) is 0 Å². The number of nitrogens with zero attached hydrogens (tertiary/aromatic N) is 1. The molecular formula is C25H23NO. The maximum Gasteiger partial charge on any atom is 0.0890 e. The summed E-state index contributed by atoms with van der Waals surface area (Å²) in [6, 6.07) is 30.0. The molecule has 1 N–H and O–H groups in total. The Hall–Kier alpha value is -2.84. The number of aliphatic hydroxyl groups is 1. The molecule has 1 saturated heterocycles. The molecule has 4 aromatic rings. The minimum Gasteiger partial charge on any atom is -0.394 e. The van der Waals surface area contributed by atoms with Gasteiger partial charge in [0.05, 0.1) is 12.1 Å². The summed E-state index contributed by atoms with van der Waals surface area (Å²) in [6.45, 7) is 1.07. The van der Waals surface area contributed by atoms with Gasteiger partial charge in [0, 0.05) is 17.6 Å². The van der Waals surface area contributed by atoms with Crippen LogP contribution in [0.1, 0.15) is 18.4 Å². The van der Waals surface area contributed by atoms with Gasteiger partial charge in [0.2, 0.25) is 0 Å². The average Bonchev–Trinajstić information content (AvgIpc) is 3.18. The number of hydrogen-bond acceptors (Lipinski definition) is 2. The Morgan fingerprint density at radius 2 is 1.37 bits per heavy atom. The number of fused-ring (bicyclic) bond motifs is 2. The van der Waals surface area contributed by atoms with Crippen LogP contribution in [0.3, 0.4) is 0 Å². The lowest BCUT2D eigenvalue weighted by Gasteiger charge is -2.40. The maximum atomic E-state index is 10.7. The summed E-state index contributed by atoms with van der Waals surface area (Å²) >= 11 is 0. The maximum absolute atomic E-state index is 10.7. The Kier molecular flexibility index (Phi) is 3.87. The van der Waals surface area contributed by atoms with Crippen molar-refractivity contribution in [2.45, 2.75) is 18.4 Å². The van der Waals surface area contributed by atoms with Crippen molar-refractivity contribution >= 4 is 27.2 Å². The predicted octanol–water partition coefficient (Wildman–Crippen LogP) is 5.48. The van der Waals surface area contributed by atoms with E-state index in [4.69, 9.17) is 0 Å². The van der Waals surface area contributed by atoms with E-state index in [1.165, 1.54) is 32.8 Å². The summed E-state index contributed by atoms with van der Waals surface area (Å²) in [5, 5.41) is 15.7. The average molecular weight is 353 g/mol. The van der Waals surface area contributed by atoms with Gasteiger partial charge in [0.1, 0.15) is 0 Å². The highest BCUT2D eigenvalue weighted by Crippen LogP contribution is 2.45. The summed E-state index contributed by atoms with van der Waals surface area (Å²) in [4.78, 5) is 2.44. The lowest BCUT2D eigenvalue weighted by atomic mass is 9.84. The van der Waals surface area contributed by atoms with Crippen LogP contribution in [0.25, 0.3) is 21.5 Å². The second kappa shape index (κ2) is 6.40. The first kappa shape index (κ1) is 16.3. The zero-order chi connectivity index (χ0) is 18.3. The van der Waals surface area contributed by atoms with E-state index < -0.39 is 0 Å². The zero-order valence-corrected chi connectivity index (χ0v) is 15.3. The number of rotatable bonds is 3. The first-order valence-corrected chi connectivity index (χ1v) is 9.68. The van der Waals surface area contributed by atoms with Gasteiger partial charge < -0.3 is 10.0 Å². The molecule has 5 rings (SSSR count). The molecule has 1 aliphatic rings. The Labute approximate surface area is 159 Å². The molecule has 0 amide bonds. The van der Waals surface area contributed by atoms with Crippen LogP contribution < -0.4 is 4.90 Å². The van der Waals surface area contributed by atoms with E-state index in [9.17, 15) is 5.11 Å². The van der Waals surface area contributed by atoms with Crippen LogP contribution in [0.2, 0.25) is 0 Å². The van der Waals surface area contributed by atoms with Crippen molar-refractivity contribution in [3.63, 3.8) is 0 Å². The molecule has 1 unspecified atom stereocenters. The largest absolute Gasteiger partial charge is 0.394 e. The van der Waals surface area contributed by atoms with Gasteiger partial charge in [0.25, 0.3) is 0 Å². The molecule has 1 aliphatic heterocycles. The van der Waals surface area contributed by atoms with Crippen LogP contribution >= 0.6 is 0 Å². The van der Waals surface area contributed by atoms with Gasteiger partial charge in [-0.1, -0.05) is 78.9 Å². The molecule has 1 atom stereocenters. The normalized spacial score (nSPS) is 19.8. The van der Waals surface area contributed by atoms with Gasteiger partial charge >= 0.3 is 0 Å². The summed E-state index contributed by atoms with van der Waals surface area (Å²) in [6.07, 6.45) is 2.04. The highest BCUT2D eigenvalue weighted by molar-refractivity contribution is 5.95. The molecule has 1 fully saturated rings. The van der Waals surface area contributed by atoms with E-state index in [1.807, 2.05) is 0 Å². The standard InChI is InChI=1S/C25H23NO/c27-18-25(23-14-5-10-19-8-1-3-12-21(19)23)16-7-17-26(25)24-15-6-11-20-9-2-4-13-22(20)24/h1-6,8-15,27H,7,16-18H2. The van der Waals surface area contributed by atoms with Gasteiger partial charge in [-0.2, -0.15) is 0 Å². The minimum absolute atomic E-state index is 0.115. The first-order valence-electron chi connectivity index (χ1n) is 9.68. The first-order chi connectivity index (χ1) is 13.3. The quantitative estimate of drug-likeness (QED) is 0.527. The van der Waals surface area contributed by atoms with Crippen LogP contribution in [-0.2, 0) is 5.54 Å². The number of anilines is 1. The molecule has 0 aliphatic carbocycles. The summed E-state index contributed by atoms with van der Waals surface area (Å²) < 4.78 is 0. The van der Waals surface area contributed by atoms with Crippen molar-refractivity contribution in [1.29, 1.82) is 0 Å². The Bertz CT molecular complexity index is 1110. The third kappa shape index (κ3) is 2.44. The Balaban J connectivity index is 1.75. The monoisotopic (exact) mass is 353 g/mol. The molecule has 0 bridgehead atoms. The van der Waals surface area contributed by atoms with Gasteiger partial charge in [-0.05, 0) is 40.6 Å². The van der Waals surface area contributed by atoms with Crippen molar-refractivity contribution in [1.82, 2.24) is 0 Å². The van der Waals surface area contributed by atoms with Crippen molar-refractivity contribution in [3.05, 3.63) is 90.5 Å². The van der Waals surface area contributed by atoms with E-state index in [1.54, 1.807) is 0 Å². The van der Waals surface area contributed by atoms with Crippen LogP contribution in [0.5, 0.6) is 0 Å². The van der Waals surface area contributed by atoms with Crippen molar-refractivity contribution in [2.24, 2.45) is 0 Å². The topological polar surface area (TPSA) is 23.5 Å². The molecular weight excluding hydrogens is 330 g/mol. The fourth-order valence-electron chi connectivity index (χ4n) is 4.83. The lowest BCUT2D eigenvalue weighted by Crippen LogP contribution is -2.44. The molecule has 0 radical (unpaired) electrons. The summed E-state index contributed by atoms with van der Waals surface area (Å²) in [5.41, 5.74) is 2.06. The molecule has 0 aromatic heterocycles. The van der Waals surface area contributed by atoms with E-state index in [-0.39, 0.29) is 12.1 Å². The third-order valence-corrected chi connectivity index (χ3v) is 6.10. The van der Waals surface area contributed by atoms with E-state index >= 15 is 0 Å².